The van der Waals surface area contributed by atoms with Crippen molar-refractivity contribution in [2.75, 3.05) is 12.4 Å². The van der Waals surface area contributed by atoms with Crippen LogP contribution in [0.5, 0.6) is 11.5 Å². The van der Waals surface area contributed by atoms with Gasteiger partial charge in [-0.15, -0.1) is 0 Å². The first-order valence-electron chi connectivity index (χ1n) is 5.75. The lowest BCUT2D eigenvalue weighted by Crippen LogP contribution is -2.01. The van der Waals surface area contributed by atoms with Crippen LogP contribution in [0.4, 0.5) is 10.1 Å². The van der Waals surface area contributed by atoms with Gasteiger partial charge in [0, 0.05) is 11.0 Å². The number of hydrogen-bond donors (Lipinski definition) is 2. The summed E-state index contributed by atoms with van der Waals surface area (Å²) in [5.41, 5.74) is 1.51. The third kappa shape index (κ3) is 3.35. The van der Waals surface area contributed by atoms with Gasteiger partial charge in [0.05, 0.1) is 17.8 Å². The molecule has 0 aliphatic carbocycles. The number of anilines is 1. The Labute approximate surface area is 129 Å². The van der Waals surface area contributed by atoms with E-state index in [2.05, 4.69) is 21.2 Å². The largest absolute Gasteiger partial charge is 0.504 e. The maximum absolute atomic E-state index is 13.1. The molecule has 0 bridgehead atoms. The van der Waals surface area contributed by atoms with Gasteiger partial charge in [-0.3, -0.25) is 0 Å². The molecule has 0 fully saturated rings. The molecule has 0 radical (unpaired) electrons. The second-order valence-corrected chi connectivity index (χ2v) is 5.37. The summed E-state index contributed by atoms with van der Waals surface area (Å²) < 4.78 is 18.7. The molecular formula is C14H12BrClFNO2. The normalized spacial score (nSPS) is 10.4. The van der Waals surface area contributed by atoms with Crippen molar-refractivity contribution in [1.29, 1.82) is 0 Å². The molecule has 20 heavy (non-hydrogen) atoms. The van der Waals surface area contributed by atoms with E-state index in [4.69, 9.17) is 16.3 Å². The highest BCUT2D eigenvalue weighted by atomic mass is 79.9. The number of nitrogens with one attached hydrogen (secondary N) is 1. The van der Waals surface area contributed by atoms with E-state index in [-0.39, 0.29) is 5.75 Å². The van der Waals surface area contributed by atoms with Crippen molar-refractivity contribution < 1.29 is 14.2 Å². The minimum absolute atomic E-state index is 0.0808. The minimum Gasteiger partial charge on any atom is -0.504 e. The van der Waals surface area contributed by atoms with Crippen molar-refractivity contribution in [2.45, 2.75) is 6.54 Å². The zero-order chi connectivity index (χ0) is 14.7. The van der Waals surface area contributed by atoms with Crippen LogP contribution >= 0.6 is 27.5 Å². The first kappa shape index (κ1) is 14.9. The Balaban J connectivity index is 2.17. The average Bonchev–Trinajstić information content (AvgIpc) is 2.39. The fourth-order valence-corrected chi connectivity index (χ4v) is 2.69. The third-order valence-corrected chi connectivity index (χ3v) is 3.64. The highest BCUT2D eigenvalue weighted by Gasteiger charge is 2.08. The zero-order valence-electron chi connectivity index (χ0n) is 10.6. The summed E-state index contributed by atoms with van der Waals surface area (Å²) in [6.07, 6.45) is 0. The van der Waals surface area contributed by atoms with E-state index in [9.17, 15) is 9.50 Å². The van der Waals surface area contributed by atoms with Crippen LogP contribution in [0, 0.1) is 5.82 Å². The monoisotopic (exact) mass is 359 g/mol. The Morgan fingerprint density at radius 3 is 2.75 bits per heavy atom. The number of phenolic OH excluding ortho intramolecular Hbond substituents is 1. The van der Waals surface area contributed by atoms with Crippen LogP contribution in [0.1, 0.15) is 5.56 Å². The molecule has 0 aliphatic rings. The van der Waals surface area contributed by atoms with Gasteiger partial charge in [0.25, 0.3) is 0 Å². The number of halogens is 3. The van der Waals surface area contributed by atoms with Gasteiger partial charge in [0.1, 0.15) is 5.82 Å². The van der Waals surface area contributed by atoms with Gasteiger partial charge in [-0.1, -0.05) is 17.7 Å². The number of ether oxygens (including phenoxy) is 1. The van der Waals surface area contributed by atoms with E-state index in [1.54, 1.807) is 18.2 Å². The van der Waals surface area contributed by atoms with Crippen LogP contribution in [-0.2, 0) is 6.54 Å². The number of aromatic hydroxyl groups is 1. The Bertz CT molecular complexity index is 614. The third-order valence-electron chi connectivity index (χ3n) is 2.72. The van der Waals surface area contributed by atoms with Gasteiger partial charge in [0.2, 0.25) is 0 Å². The zero-order valence-corrected chi connectivity index (χ0v) is 12.9. The summed E-state index contributed by atoms with van der Waals surface area (Å²) in [6, 6.07) is 7.61. The Kier molecular flexibility index (Phi) is 4.73. The molecule has 0 atom stereocenters. The summed E-state index contributed by atoms with van der Waals surface area (Å²) in [5, 5.41) is 12.9. The topological polar surface area (TPSA) is 41.5 Å². The number of hydrogen-bond acceptors (Lipinski definition) is 3. The van der Waals surface area contributed by atoms with Crippen molar-refractivity contribution in [2.24, 2.45) is 0 Å². The highest BCUT2D eigenvalue weighted by molar-refractivity contribution is 9.10. The first-order valence-corrected chi connectivity index (χ1v) is 6.92. The Hall–Kier alpha value is -1.46. The van der Waals surface area contributed by atoms with Crippen molar-refractivity contribution >= 4 is 33.2 Å². The second-order valence-electron chi connectivity index (χ2n) is 4.10. The molecule has 106 valence electrons. The summed E-state index contributed by atoms with van der Waals surface area (Å²) in [6.45, 7) is 0.459. The Morgan fingerprint density at radius 1 is 1.35 bits per heavy atom. The summed E-state index contributed by atoms with van der Waals surface area (Å²) in [4.78, 5) is 0. The maximum Gasteiger partial charge on any atom is 0.160 e. The van der Waals surface area contributed by atoms with E-state index in [1.807, 2.05) is 0 Å². The summed E-state index contributed by atoms with van der Waals surface area (Å²) >= 11 is 9.25. The molecule has 0 saturated heterocycles. The molecule has 2 rings (SSSR count). The smallest absolute Gasteiger partial charge is 0.160 e. The number of methoxy groups -OCH3 is 1. The predicted molar refractivity (Wildman–Crippen MR) is 81.1 cm³/mol. The molecule has 0 amide bonds. The molecule has 3 nitrogen and oxygen atoms in total. The molecule has 6 heteroatoms. The van der Waals surface area contributed by atoms with Crippen LogP contribution < -0.4 is 10.1 Å². The molecule has 2 N–H and O–H groups in total. The molecule has 2 aromatic rings. The SMILES string of the molecule is COc1cc(CNc2c(Cl)cc(F)cc2Br)ccc1O. The Morgan fingerprint density at radius 2 is 2.10 bits per heavy atom. The number of phenols is 1. The minimum atomic E-state index is -0.404. The molecule has 0 saturated carbocycles. The van der Waals surface area contributed by atoms with Gasteiger partial charge >= 0.3 is 0 Å². The lowest BCUT2D eigenvalue weighted by atomic mass is 10.2. The molecule has 0 aromatic heterocycles. The second kappa shape index (κ2) is 6.33. The number of rotatable bonds is 4. The molecule has 0 spiro atoms. The lowest BCUT2D eigenvalue weighted by Gasteiger charge is -2.12. The fraction of sp³-hybridized carbons (Fsp3) is 0.143. The van der Waals surface area contributed by atoms with E-state index < -0.39 is 5.82 Å². The standard InChI is InChI=1S/C14H12BrClFNO2/c1-20-13-4-8(2-3-12(13)19)7-18-14-10(15)5-9(17)6-11(14)16/h2-6,18-19H,7H2,1H3. The average molecular weight is 361 g/mol. The van der Waals surface area contributed by atoms with Crippen molar-refractivity contribution in [1.82, 2.24) is 0 Å². The van der Waals surface area contributed by atoms with Crippen molar-refractivity contribution in [3.05, 3.63) is 51.2 Å². The van der Waals surface area contributed by atoms with Gasteiger partial charge in [-0.05, 0) is 45.8 Å². The fourth-order valence-electron chi connectivity index (χ4n) is 1.73. The van der Waals surface area contributed by atoms with Gasteiger partial charge in [-0.2, -0.15) is 0 Å². The number of benzene rings is 2. The van der Waals surface area contributed by atoms with E-state index in [0.29, 0.717) is 27.5 Å². The molecule has 2 aromatic carbocycles. The van der Waals surface area contributed by atoms with Crippen LogP contribution in [-0.4, -0.2) is 12.2 Å². The maximum atomic E-state index is 13.1. The predicted octanol–water partition coefficient (Wildman–Crippen LogP) is 4.57. The van der Waals surface area contributed by atoms with Crippen LogP contribution in [0.2, 0.25) is 5.02 Å². The molecule has 0 heterocycles. The van der Waals surface area contributed by atoms with Crippen molar-refractivity contribution in [3.63, 3.8) is 0 Å². The highest BCUT2D eigenvalue weighted by Crippen LogP contribution is 2.32. The van der Waals surface area contributed by atoms with Gasteiger partial charge in [-0.25, -0.2) is 4.39 Å². The van der Waals surface area contributed by atoms with Crippen LogP contribution in [0.3, 0.4) is 0 Å². The van der Waals surface area contributed by atoms with Gasteiger partial charge < -0.3 is 15.2 Å². The quantitative estimate of drug-likeness (QED) is 0.839. The molecular weight excluding hydrogens is 349 g/mol. The van der Waals surface area contributed by atoms with E-state index in [1.165, 1.54) is 19.2 Å². The molecule has 0 unspecified atom stereocenters. The van der Waals surface area contributed by atoms with Gasteiger partial charge in [0.15, 0.2) is 11.5 Å². The summed E-state index contributed by atoms with van der Waals surface area (Å²) in [5.74, 6) is 0.0736. The van der Waals surface area contributed by atoms with E-state index >= 15 is 0 Å². The van der Waals surface area contributed by atoms with Crippen LogP contribution in [0.25, 0.3) is 0 Å². The lowest BCUT2D eigenvalue weighted by molar-refractivity contribution is 0.373. The van der Waals surface area contributed by atoms with Crippen LogP contribution in [0.15, 0.2) is 34.8 Å². The first-order chi connectivity index (χ1) is 9.51. The van der Waals surface area contributed by atoms with Crippen molar-refractivity contribution in [3.8, 4) is 11.5 Å². The van der Waals surface area contributed by atoms with E-state index in [0.717, 1.165) is 5.56 Å². The molecule has 0 aliphatic heterocycles. The summed E-state index contributed by atoms with van der Waals surface area (Å²) in [7, 11) is 1.49.